The number of nitrogens with one attached hydrogen (secondary N) is 1. The summed E-state index contributed by atoms with van der Waals surface area (Å²) >= 11 is 0. The maximum absolute atomic E-state index is 13.5. The zero-order valence-electron chi connectivity index (χ0n) is 20.6. The van der Waals surface area contributed by atoms with Crippen molar-refractivity contribution < 1.29 is 19.0 Å². The molecule has 7 nitrogen and oxygen atoms in total. The van der Waals surface area contributed by atoms with Crippen LogP contribution >= 0.6 is 0 Å². The van der Waals surface area contributed by atoms with Crippen molar-refractivity contribution in [2.75, 3.05) is 26.9 Å². The molecule has 35 heavy (non-hydrogen) atoms. The molecule has 0 bridgehead atoms. The number of fused-ring (bicyclic) bond motifs is 1. The SMILES string of the molecule is COc1ccc(-c2n[nH]c3c2C(c2ccc(OCCC(C)C)cc2)N(CC2CCCO2)C3=O)cc1. The molecule has 184 valence electrons. The summed E-state index contributed by atoms with van der Waals surface area (Å²) in [5.41, 5.74) is 4.21. The highest BCUT2D eigenvalue weighted by molar-refractivity contribution is 6.00. The molecule has 3 aromatic rings. The average molecular weight is 476 g/mol. The largest absolute Gasteiger partial charge is 0.497 e. The van der Waals surface area contributed by atoms with E-state index in [0.29, 0.717) is 24.8 Å². The molecule has 2 atom stereocenters. The maximum atomic E-state index is 13.5. The molecule has 2 unspecified atom stereocenters. The van der Waals surface area contributed by atoms with Crippen molar-refractivity contribution in [3.05, 3.63) is 65.4 Å². The number of ether oxygens (including phenoxy) is 3. The quantitative estimate of drug-likeness (QED) is 0.458. The fourth-order valence-corrected chi connectivity index (χ4v) is 4.87. The predicted octanol–water partition coefficient (Wildman–Crippen LogP) is 5.23. The van der Waals surface area contributed by atoms with Gasteiger partial charge in [-0.15, -0.1) is 0 Å². The van der Waals surface area contributed by atoms with Crippen LogP contribution in [0.15, 0.2) is 48.5 Å². The normalized spacial score (nSPS) is 19.4. The molecule has 0 radical (unpaired) electrons. The highest BCUT2D eigenvalue weighted by Crippen LogP contribution is 2.43. The van der Waals surface area contributed by atoms with Crippen molar-refractivity contribution in [2.45, 2.75) is 45.3 Å². The van der Waals surface area contributed by atoms with E-state index >= 15 is 0 Å². The number of carbonyl (C=O) groups is 1. The van der Waals surface area contributed by atoms with Crippen molar-refractivity contribution in [3.63, 3.8) is 0 Å². The first-order valence-corrected chi connectivity index (χ1v) is 12.4. The minimum Gasteiger partial charge on any atom is -0.497 e. The molecule has 2 aliphatic rings. The van der Waals surface area contributed by atoms with E-state index in [2.05, 4.69) is 36.2 Å². The van der Waals surface area contributed by atoms with Crippen LogP contribution < -0.4 is 9.47 Å². The van der Waals surface area contributed by atoms with Gasteiger partial charge in [-0.2, -0.15) is 5.10 Å². The Kier molecular flexibility index (Phi) is 6.77. The van der Waals surface area contributed by atoms with E-state index in [4.69, 9.17) is 14.2 Å². The van der Waals surface area contributed by atoms with E-state index in [0.717, 1.165) is 59.8 Å². The van der Waals surface area contributed by atoms with Crippen molar-refractivity contribution in [2.24, 2.45) is 5.92 Å². The van der Waals surface area contributed by atoms with Crippen LogP contribution in [0.5, 0.6) is 11.5 Å². The summed E-state index contributed by atoms with van der Waals surface area (Å²) in [6.45, 7) is 6.38. The average Bonchev–Trinajstić information content (AvgIpc) is 3.59. The third-order valence-corrected chi connectivity index (χ3v) is 6.81. The van der Waals surface area contributed by atoms with Crippen LogP contribution in [-0.2, 0) is 4.74 Å². The Morgan fingerprint density at radius 1 is 1.11 bits per heavy atom. The van der Waals surface area contributed by atoms with Gasteiger partial charge in [-0.25, -0.2) is 0 Å². The second kappa shape index (κ2) is 10.1. The van der Waals surface area contributed by atoms with Crippen LogP contribution in [0, 0.1) is 5.92 Å². The molecule has 5 rings (SSSR count). The fraction of sp³-hybridized carbons (Fsp3) is 0.429. The molecule has 2 aliphatic heterocycles. The molecule has 3 heterocycles. The van der Waals surface area contributed by atoms with Gasteiger partial charge < -0.3 is 19.1 Å². The van der Waals surface area contributed by atoms with Crippen LogP contribution in [0.2, 0.25) is 0 Å². The van der Waals surface area contributed by atoms with E-state index in [1.54, 1.807) is 7.11 Å². The van der Waals surface area contributed by atoms with Gasteiger partial charge in [-0.3, -0.25) is 9.89 Å². The summed E-state index contributed by atoms with van der Waals surface area (Å²) in [6.07, 6.45) is 3.07. The molecule has 7 heteroatoms. The number of rotatable bonds is 9. The van der Waals surface area contributed by atoms with Crippen molar-refractivity contribution in [3.8, 4) is 22.8 Å². The standard InChI is InChI=1S/C28H33N3O4/c1-18(2)14-16-35-22-12-8-20(9-13-22)27-24-25(19-6-10-21(33-3)11-7-19)29-30-26(24)28(32)31(27)17-23-5-4-15-34-23/h6-13,18,23,27H,4-5,14-17H2,1-3H3,(H,29,30). The Balaban J connectivity index is 1.49. The lowest BCUT2D eigenvalue weighted by Crippen LogP contribution is -2.36. The monoisotopic (exact) mass is 475 g/mol. The molecule has 1 fully saturated rings. The van der Waals surface area contributed by atoms with Crippen molar-refractivity contribution in [1.82, 2.24) is 15.1 Å². The smallest absolute Gasteiger partial charge is 0.273 e. The fourth-order valence-electron chi connectivity index (χ4n) is 4.87. The van der Waals surface area contributed by atoms with E-state index in [9.17, 15) is 4.79 Å². The van der Waals surface area contributed by atoms with Gasteiger partial charge in [0.2, 0.25) is 0 Å². The van der Waals surface area contributed by atoms with Gasteiger partial charge >= 0.3 is 0 Å². The van der Waals surface area contributed by atoms with Crippen LogP contribution in [0.4, 0.5) is 0 Å². The number of amides is 1. The summed E-state index contributed by atoms with van der Waals surface area (Å²) in [6, 6.07) is 15.6. The lowest BCUT2D eigenvalue weighted by molar-refractivity contribution is 0.0495. The minimum atomic E-state index is -0.248. The number of methoxy groups -OCH3 is 1. The molecule has 1 aromatic heterocycles. The van der Waals surface area contributed by atoms with Gasteiger partial charge in [-0.05, 0) is 67.1 Å². The number of aromatic amines is 1. The maximum Gasteiger partial charge on any atom is 0.273 e. The summed E-state index contributed by atoms with van der Waals surface area (Å²) in [7, 11) is 1.65. The van der Waals surface area contributed by atoms with Gasteiger partial charge in [0.15, 0.2) is 0 Å². The number of aromatic nitrogens is 2. The first-order chi connectivity index (χ1) is 17.0. The number of benzene rings is 2. The van der Waals surface area contributed by atoms with E-state index < -0.39 is 0 Å². The van der Waals surface area contributed by atoms with Crippen LogP contribution in [0.25, 0.3) is 11.3 Å². The zero-order valence-corrected chi connectivity index (χ0v) is 20.6. The Labute approximate surface area is 206 Å². The topological polar surface area (TPSA) is 76.7 Å². The molecule has 1 N–H and O–H groups in total. The van der Waals surface area contributed by atoms with Gasteiger partial charge in [0.1, 0.15) is 17.2 Å². The first-order valence-electron chi connectivity index (χ1n) is 12.4. The van der Waals surface area contributed by atoms with Crippen molar-refractivity contribution >= 4 is 5.91 Å². The van der Waals surface area contributed by atoms with Crippen molar-refractivity contribution in [1.29, 1.82) is 0 Å². The van der Waals surface area contributed by atoms with E-state index in [1.165, 1.54) is 0 Å². The van der Waals surface area contributed by atoms with Gasteiger partial charge in [-0.1, -0.05) is 26.0 Å². The molecule has 0 spiro atoms. The third-order valence-electron chi connectivity index (χ3n) is 6.81. The number of hydrogen-bond donors (Lipinski definition) is 1. The summed E-state index contributed by atoms with van der Waals surface area (Å²) < 4.78 is 17.1. The number of carbonyl (C=O) groups excluding carboxylic acids is 1. The molecular weight excluding hydrogens is 442 g/mol. The summed E-state index contributed by atoms with van der Waals surface area (Å²) in [4.78, 5) is 15.5. The number of hydrogen-bond acceptors (Lipinski definition) is 5. The lowest BCUT2D eigenvalue weighted by atomic mass is 9.95. The summed E-state index contributed by atoms with van der Waals surface area (Å²) in [5.74, 6) is 2.18. The molecule has 0 saturated carbocycles. The number of H-pyrrole nitrogens is 1. The highest BCUT2D eigenvalue weighted by Gasteiger charge is 2.43. The molecule has 0 aliphatic carbocycles. The number of nitrogens with zero attached hydrogens (tertiary/aromatic N) is 2. The Bertz CT molecular complexity index is 1150. The third kappa shape index (κ3) is 4.78. The zero-order chi connectivity index (χ0) is 24.4. The van der Waals surface area contributed by atoms with Gasteiger partial charge in [0.25, 0.3) is 5.91 Å². The van der Waals surface area contributed by atoms with Crippen LogP contribution in [0.1, 0.15) is 60.8 Å². The second-order valence-corrected chi connectivity index (χ2v) is 9.68. The second-order valence-electron chi connectivity index (χ2n) is 9.68. The van der Waals surface area contributed by atoms with Gasteiger partial charge in [0.05, 0.1) is 31.6 Å². The molecule has 2 aromatic carbocycles. The summed E-state index contributed by atoms with van der Waals surface area (Å²) in [5, 5.41) is 7.59. The Hall–Kier alpha value is -3.32. The van der Waals surface area contributed by atoms with Crippen LogP contribution in [-0.4, -0.2) is 54.0 Å². The Morgan fingerprint density at radius 3 is 2.51 bits per heavy atom. The van der Waals surface area contributed by atoms with E-state index in [-0.39, 0.29) is 18.1 Å². The molecule has 1 saturated heterocycles. The minimum absolute atomic E-state index is 0.0370. The predicted molar refractivity (Wildman–Crippen MR) is 134 cm³/mol. The lowest BCUT2D eigenvalue weighted by Gasteiger charge is -2.28. The first kappa shape index (κ1) is 23.4. The Morgan fingerprint density at radius 2 is 1.86 bits per heavy atom. The molecular formula is C28H33N3O4. The van der Waals surface area contributed by atoms with E-state index in [1.807, 2.05) is 41.3 Å². The molecule has 1 amide bonds. The van der Waals surface area contributed by atoms with Crippen LogP contribution in [0.3, 0.4) is 0 Å². The highest BCUT2D eigenvalue weighted by atomic mass is 16.5. The van der Waals surface area contributed by atoms with Gasteiger partial charge in [0, 0.05) is 24.3 Å².